The van der Waals surface area contributed by atoms with Crippen LogP contribution in [0.5, 0.6) is 0 Å². The number of nitrogens with zero attached hydrogens (tertiary/aromatic N) is 3. The maximum absolute atomic E-state index is 13.5. The predicted molar refractivity (Wildman–Crippen MR) is 131 cm³/mol. The molecular formula is C23H29CaFN3O6S+. The van der Waals surface area contributed by atoms with Crippen molar-refractivity contribution in [3.05, 3.63) is 47.4 Å². The maximum Gasteiger partial charge on any atom is 2.00 e. The summed E-state index contributed by atoms with van der Waals surface area (Å²) >= 11 is 0. The minimum Gasteiger partial charge on any atom is -0.550 e. The van der Waals surface area contributed by atoms with E-state index >= 15 is 0 Å². The van der Waals surface area contributed by atoms with Gasteiger partial charge in [-0.2, -0.15) is 0 Å². The minimum absolute atomic E-state index is 0. The average Bonchev–Trinajstić information content (AvgIpc) is 2.75. The largest absolute Gasteiger partial charge is 2.00 e. The second-order valence-electron chi connectivity index (χ2n) is 8.16. The van der Waals surface area contributed by atoms with Crippen LogP contribution in [0.1, 0.15) is 43.9 Å². The Kier molecular flexibility index (Phi) is 12.2. The van der Waals surface area contributed by atoms with Crippen molar-refractivity contribution >= 4 is 65.8 Å². The molecular weight excluding hydrogens is 505 g/mol. The molecule has 0 saturated carbocycles. The molecule has 9 nitrogen and oxygen atoms in total. The number of aromatic nitrogens is 2. The van der Waals surface area contributed by atoms with E-state index in [1.54, 1.807) is 6.08 Å². The van der Waals surface area contributed by atoms with Crippen molar-refractivity contribution in [2.45, 2.75) is 44.8 Å². The van der Waals surface area contributed by atoms with E-state index in [1.165, 1.54) is 44.5 Å². The molecule has 2 atom stereocenters. The second kappa shape index (κ2) is 13.6. The number of ether oxygens (including phenoxy) is 1. The van der Waals surface area contributed by atoms with E-state index in [0.717, 1.165) is 10.6 Å². The zero-order chi connectivity index (χ0) is 25.6. The Bertz CT molecular complexity index is 1140. The van der Waals surface area contributed by atoms with Crippen LogP contribution in [-0.2, 0) is 19.6 Å². The molecule has 186 valence electrons. The smallest absolute Gasteiger partial charge is 0.550 e. The van der Waals surface area contributed by atoms with Gasteiger partial charge in [0.1, 0.15) is 5.82 Å². The molecule has 2 aromatic rings. The molecule has 35 heavy (non-hydrogen) atoms. The number of rotatable bonds is 11. The maximum atomic E-state index is 13.5. The number of hydrogen-bond acceptors (Lipinski definition) is 8. The number of carbonyl (C=O) groups is 1. The molecule has 0 amide bonds. The Morgan fingerprint density at radius 3 is 2.34 bits per heavy atom. The van der Waals surface area contributed by atoms with Crippen LogP contribution in [0.15, 0.2) is 30.3 Å². The SMILES string of the molecule is COC(CC(=O)[O-])CC(O)/C=C/c1c(-c2ccc(F)cc2)nc(N(C)S(C)(=O)=O)nc1C(C)C.[Ca+2]. The number of methoxy groups -OCH3 is 1. The first-order chi connectivity index (χ1) is 15.8. The van der Waals surface area contributed by atoms with Crippen molar-refractivity contribution in [3.8, 4) is 11.3 Å². The van der Waals surface area contributed by atoms with Crippen LogP contribution < -0.4 is 9.41 Å². The molecule has 12 heteroatoms. The number of anilines is 1. The predicted octanol–water partition coefficient (Wildman–Crippen LogP) is 1.34. The first-order valence-electron chi connectivity index (χ1n) is 10.5. The Morgan fingerprint density at radius 2 is 1.86 bits per heavy atom. The average molecular weight is 535 g/mol. The summed E-state index contributed by atoms with van der Waals surface area (Å²) < 4.78 is 43.8. The molecule has 0 spiro atoms. The molecule has 0 fully saturated rings. The monoisotopic (exact) mass is 534 g/mol. The first-order valence-corrected chi connectivity index (χ1v) is 12.4. The third-order valence-electron chi connectivity index (χ3n) is 5.12. The van der Waals surface area contributed by atoms with Crippen molar-refractivity contribution < 1.29 is 32.6 Å². The summed E-state index contributed by atoms with van der Waals surface area (Å²) in [5.41, 5.74) is 1.90. The number of halogens is 1. The molecule has 2 rings (SSSR count). The molecule has 1 N–H and O–H groups in total. The molecule has 0 aliphatic carbocycles. The summed E-state index contributed by atoms with van der Waals surface area (Å²) in [4.78, 5) is 19.8. The summed E-state index contributed by atoms with van der Waals surface area (Å²) in [6, 6.07) is 5.55. The van der Waals surface area contributed by atoms with E-state index in [2.05, 4.69) is 9.97 Å². The zero-order valence-corrected chi connectivity index (χ0v) is 23.5. The summed E-state index contributed by atoms with van der Waals surface area (Å²) in [6.45, 7) is 3.74. The van der Waals surface area contributed by atoms with E-state index in [4.69, 9.17) is 4.74 Å². The number of aliphatic hydroxyl groups is 1. The van der Waals surface area contributed by atoms with Crippen LogP contribution in [0.25, 0.3) is 17.3 Å². The van der Waals surface area contributed by atoms with Crippen LogP contribution in [0, 0.1) is 5.82 Å². The van der Waals surface area contributed by atoms with E-state index < -0.39 is 34.0 Å². The van der Waals surface area contributed by atoms with Crippen molar-refractivity contribution in [2.24, 2.45) is 0 Å². The molecule has 1 aromatic heterocycles. The van der Waals surface area contributed by atoms with E-state index in [0.29, 0.717) is 22.5 Å². The molecule has 0 radical (unpaired) electrons. The van der Waals surface area contributed by atoms with Gasteiger partial charge < -0.3 is 19.7 Å². The third kappa shape index (κ3) is 9.07. The number of hydrogen-bond donors (Lipinski definition) is 1. The van der Waals surface area contributed by atoms with Crippen molar-refractivity contribution in [1.29, 1.82) is 0 Å². The van der Waals surface area contributed by atoms with Gasteiger partial charge in [0.25, 0.3) is 0 Å². The Labute approximate surface area is 235 Å². The van der Waals surface area contributed by atoms with Gasteiger partial charge in [-0.25, -0.2) is 27.1 Å². The van der Waals surface area contributed by atoms with E-state index in [9.17, 15) is 27.8 Å². The number of carboxylic acids is 1. The first kappa shape index (κ1) is 31.4. The summed E-state index contributed by atoms with van der Waals surface area (Å²) in [5.74, 6) is -1.93. The Balaban J connectivity index is 0.00000612. The summed E-state index contributed by atoms with van der Waals surface area (Å²) in [6.07, 6.45) is 1.94. The van der Waals surface area contributed by atoms with Crippen LogP contribution in [0.3, 0.4) is 0 Å². The number of benzene rings is 1. The van der Waals surface area contributed by atoms with Crippen LogP contribution >= 0.6 is 0 Å². The molecule has 1 heterocycles. The van der Waals surface area contributed by atoms with Gasteiger partial charge in [0, 0.05) is 44.1 Å². The van der Waals surface area contributed by atoms with Gasteiger partial charge in [0.15, 0.2) is 0 Å². The van der Waals surface area contributed by atoms with Gasteiger partial charge in [-0.3, -0.25) is 0 Å². The molecule has 0 aliphatic rings. The normalized spacial score (nSPS) is 13.5. The van der Waals surface area contributed by atoms with Crippen molar-refractivity contribution in [3.63, 3.8) is 0 Å². The van der Waals surface area contributed by atoms with Gasteiger partial charge in [-0.05, 0) is 30.2 Å². The van der Waals surface area contributed by atoms with Gasteiger partial charge in [-0.1, -0.05) is 26.0 Å². The molecule has 1 aromatic carbocycles. The number of sulfonamides is 1. The van der Waals surface area contributed by atoms with Gasteiger partial charge >= 0.3 is 37.7 Å². The number of aliphatic carboxylic acids is 1. The fraction of sp³-hybridized carbons (Fsp3) is 0.435. The molecule has 0 bridgehead atoms. The summed E-state index contributed by atoms with van der Waals surface area (Å²) in [7, 11) is -0.962. The fourth-order valence-electron chi connectivity index (χ4n) is 3.20. The van der Waals surface area contributed by atoms with Crippen LogP contribution in [-0.4, -0.2) is 99.8 Å². The quantitative estimate of drug-likeness (QED) is 0.427. The van der Waals surface area contributed by atoms with E-state index in [-0.39, 0.29) is 62.4 Å². The summed E-state index contributed by atoms with van der Waals surface area (Å²) in [5, 5.41) is 21.3. The minimum atomic E-state index is -3.65. The topological polar surface area (TPSA) is 133 Å². The van der Waals surface area contributed by atoms with E-state index in [1.807, 2.05) is 13.8 Å². The number of aliphatic hydroxyl groups excluding tert-OH is 1. The number of carboxylic acid groups (broad SMARTS) is 1. The molecule has 2 unspecified atom stereocenters. The van der Waals surface area contributed by atoms with Gasteiger partial charge in [0.05, 0.1) is 29.9 Å². The molecule has 0 aliphatic heterocycles. The Morgan fingerprint density at radius 1 is 1.26 bits per heavy atom. The van der Waals surface area contributed by atoms with Gasteiger partial charge in [-0.15, -0.1) is 0 Å². The third-order valence-corrected chi connectivity index (χ3v) is 6.28. The van der Waals surface area contributed by atoms with Crippen molar-refractivity contribution in [1.82, 2.24) is 9.97 Å². The Hall–Kier alpha value is -1.63. The molecule has 0 saturated heterocycles. The second-order valence-corrected chi connectivity index (χ2v) is 10.2. The fourth-order valence-corrected chi connectivity index (χ4v) is 3.58. The number of carbonyl (C=O) groups excluding carboxylic acids is 1. The zero-order valence-electron chi connectivity index (χ0n) is 20.4. The van der Waals surface area contributed by atoms with Crippen molar-refractivity contribution in [2.75, 3.05) is 24.7 Å². The van der Waals surface area contributed by atoms with Crippen LogP contribution in [0.2, 0.25) is 0 Å². The van der Waals surface area contributed by atoms with Crippen LogP contribution in [0.4, 0.5) is 10.3 Å². The van der Waals surface area contributed by atoms with Gasteiger partial charge in [0.2, 0.25) is 16.0 Å². The standard InChI is InChI=1S/C23H30FN3O6S.Ca/c1-14(2)21-19(11-10-17(28)12-18(33-4)13-20(29)30)22(15-6-8-16(24)9-7-15)26-23(25-21)27(3)34(5,31)32;/h6-11,14,17-18,28H,12-13H2,1-5H3,(H,29,30);/q;+2/p-1/b11-10+;.